The Hall–Kier alpha value is -1.61. The molecule has 0 bridgehead atoms. The average Bonchev–Trinajstić information content (AvgIpc) is 2.28. The Kier molecular flexibility index (Phi) is 2.79. The summed E-state index contributed by atoms with van der Waals surface area (Å²) in [6.07, 6.45) is 0.933. The first-order valence-corrected chi connectivity index (χ1v) is 5.53. The maximum atomic E-state index is 5.63. The number of nitrogen functional groups attached to an aromatic ring is 1. The number of hydrogen-bond donors (Lipinski definition) is 2. The number of rotatable bonds is 2. The normalized spacial score (nSPS) is 10.8. The van der Waals surface area contributed by atoms with Gasteiger partial charge in [-0.3, -0.25) is 10.8 Å². The van der Waals surface area contributed by atoms with E-state index >= 15 is 0 Å². The summed E-state index contributed by atoms with van der Waals surface area (Å²) in [5.74, 6) is 5.63. The summed E-state index contributed by atoms with van der Waals surface area (Å²) in [6, 6.07) is 6.23. The van der Waals surface area contributed by atoms with Gasteiger partial charge in [0, 0.05) is 11.1 Å². The van der Waals surface area contributed by atoms with Crippen molar-refractivity contribution < 1.29 is 0 Å². The van der Waals surface area contributed by atoms with Crippen LogP contribution in [0.4, 0.5) is 5.69 Å². The van der Waals surface area contributed by atoms with Crippen LogP contribution in [0.15, 0.2) is 18.2 Å². The Bertz CT molecular complexity index is 532. The van der Waals surface area contributed by atoms with Crippen molar-refractivity contribution in [2.75, 3.05) is 5.43 Å². The molecule has 0 fully saturated rings. The van der Waals surface area contributed by atoms with E-state index in [1.807, 2.05) is 13.0 Å². The van der Waals surface area contributed by atoms with E-state index in [1.165, 1.54) is 11.1 Å². The first-order valence-electron chi connectivity index (χ1n) is 5.53. The lowest BCUT2D eigenvalue weighted by Gasteiger charge is -2.13. The SMILES string of the molecule is CCc1c(C)nc2ccc(C)cc2c1NN. The predicted molar refractivity (Wildman–Crippen MR) is 68.4 cm³/mol. The van der Waals surface area contributed by atoms with Gasteiger partial charge in [0.05, 0.1) is 11.2 Å². The molecule has 0 aliphatic rings. The van der Waals surface area contributed by atoms with E-state index < -0.39 is 0 Å². The summed E-state index contributed by atoms with van der Waals surface area (Å²) in [7, 11) is 0. The summed E-state index contributed by atoms with van der Waals surface area (Å²) in [6.45, 7) is 6.22. The topological polar surface area (TPSA) is 50.9 Å². The number of hydrazine groups is 1. The molecule has 0 amide bonds. The fourth-order valence-electron chi connectivity index (χ4n) is 2.14. The van der Waals surface area contributed by atoms with Crippen molar-refractivity contribution in [2.24, 2.45) is 5.84 Å². The molecule has 0 radical (unpaired) electrons. The van der Waals surface area contributed by atoms with E-state index in [-0.39, 0.29) is 0 Å². The third kappa shape index (κ3) is 1.63. The number of nitrogens with one attached hydrogen (secondary N) is 1. The van der Waals surface area contributed by atoms with Crippen molar-refractivity contribution in [1.82, 2.24) is 4.98 Å². The fraction of sp³-hybridized carbons (Fsp3) is 0.308. The Morgan fingerprint density at radius 1 is 1.31 bits per heavy atom. The molecule has 1 heterocycles. The zero-order valence-corrected chi connectivity index (χ0v) is 9.96. The van der Waals surface area contributed by atoms with Crippen molar-refractivity contribution in [3.63, 3.8) is 0 Å². The van der Waals surface area contributed by atoms with Gasteiger partial charge in [0.15, 0.2) is 0 Å². The van der Waals surface area contributed by atoms with Crippen LogP contribution in [0.1, 0.15) is 23.7 Å². The van der Waals surface area contributed by atoms with E-state index in [2.05, 4.69) is 36.4 Å². The number of fused-ring (bicyclic) bond motifs is 1. The lowest BCUT2D eigenvalue weighted by molar-refractivity contribution is 1.06. The lowest BCUT2D eigenvalue weighted by atomic mass is 10.0. The molecule has 0 atom stereocenters. The van der Waals surface area contributed by atoms with Gasteiger partial charge in [0.1, 0.15) is 0 Å². The van der Waals surface area contributed by atoms with Crippen LogP contribution >= 0.6 is 0 Å². The van der Waals surface area contributed by atoms with Crippen LogP contribution in [0, 0.1) is 13.8 Å². The second-order valence-electron chi connectivity index (χ2n) is 4.07. The summed E-state index contributed by atoms with van der Waals surface area (Å²) in [5, 5.41) is 1.10. The zero-order valence-electron chi connectivity index (χ0n) is 9.96. The quantitative estimate of drug-likeness (QED) is 0.598. The predicted octanol–water partition coefficient (Wildman–Crippen LogP) is 2.70. The van der Waals surface area contributed by atoms with Gasteiger partial charge in [0.25, 0.3) is 0 Å². The van der Waals surface area contributed by atoms with Gasteiger partial charge in [-0.1, -0.05) is 18.6 Å². The largest absolute Gasteiger partial charge is 0.323 e. The molecule has 0 aliphatic heterocycles. The minimum atomic E-state index is 0.933. The number of aryl methyl sites for hydroxylation is 2. The summed E-state index contributed by atoms with van der Waals surface area (Å²) < 4.78 is 0. The third-order valence-electron chi connectivity index (χ3n) is 2.95. The van der Waals surface area contributed by atoms with Gasteiger partial charge in [-0.15, -0.1) is 0 Å². The first-order chi connectivity index (χ1) is 7.67. The number of benzene rings is 1. The van der Waals surface area contributed by atoms with Gasteiger partial charge >= 0.3 is 0 Å². The monoisotopic (exact) mass is 215 g/mol. The molecule has 0 spiro atoms. The second-order valence-corrected chi connectivity index (χ2v) is 4.07. The minimum Gasteiger partial charge on any atom is -0.323 e. The van der Waals surface area contributed by atoms with Gasteiger partial charge in [-0.25, -0.2) is 0 Å². The molecular weight excluding hydrogens is 198 g/mol. The van der Waals surface area contributed by atoms with Crippen molar-refractivity contribution in [2.45, 2.75) is 27.2 Å². The number of nitrogens with two attached hydrogens (primary N) is 1. The molecule has 2 aromatic rings. The first kappa shape index (κ1) is 10.9. The van der Waals surface area contributed by atoms with Gasteiger partial charge in [-0.2, -0.15) is 0 Å². The van der Waals surface area contributed by atoms with E-state index in [0.717, 1.165) is 28.7 Å². The number of pyridine rings is 1. The van der Waals surface area contributed by atoms with Crippen molar-refractivity contribution in [3.8, 4) is 0 Å². The van der Waals surface area contributed by atoms with Crippen LogP contribution < -0.4 is 11.3 Å². The van der Waals surface area contributed by atoms with Crippen molar-refractivity contribution >= 4 is 16.6 Å². The molecule has 2 rings (SSSR count). The highest BCUT2D eigenvalue weighted by Crippen LogP contribution is 2.28. The van der Waals surface area contributed by atoms with Gasteiger partial charge < -0.3 is 5.43 Å². The summed E-state index contributed by atoms with van der Waals surface area (Å²) in [5.41, 5.74) is 8.28. The zero-order chi connectivity index (χ0) is 11.7. The molecule has 1 aromatic carbocycles. The molecule has 0 unspecified atom stereocenters. The average molecular weight is 215 g/mol. The molecular formula is C13H17N3. The molecule has 0 saturated heterocycles. The van der Waals surface area contributed by atoms with Crippen molar-refractivity contribution in [3.05, 3.63) is 35.0 Å². The van der Waals surface area contributed by atoms with E-state index in [0.29, 0.717) is 0 Å². The highest BCUT2D eigenvalue weighted by Gasteiger charge is 2.10. The standard InChI is InChI=1S/C13H17N3/c1-4-10-9(3)15-12-6-5-8(2)7-11(12)13(10)16-14/h5-7H,4,14H2,1-3H3,(H,15,16). The molecule has 0 aliphatic carbocycles. The number of hydrogen-bond acceptors (Lipinski definition) is 3. The maximum Gasteiger partial charge on any atom is 0.0726 e. The van der Waals surface area contributed by atoms with Gasteiger partial charge in [-0.05, 0) is 38.0 Å². The van der Waals surface area contributed by atoms with E-state index in [1.54, 1.807) is 0 Å². The summed E-state index contributed by atoms with van der Waals surface area (Å²) >= 11 is 0. The van der Waals surface area contributed by atoms with E-state index in [4.69, 9.17) is 5.84 Å². The number of aromatic nitrogens is 1. The van der Waals surface area contributed by atoms with Crippen LogP contribution in [0.2, 0.25) is 0 Å². The Morgan fingerprint density at radius 3 is 2.69 bits per heavy atom. The maximum absolute atomic E-state index is 5.63. The van der Waals surface area contributed by atoms with Crippen LogP contribution in [0.25, 0.3) is 10.9 Å². The smallest absolute Gasteiger partial charge is 0.0726 e. The lowest BCUT2D eigenvalue weighted by Crippen LogP contribution is -2.11. The Morgan fingerprint density at radius 2 is 2.06 bits per heavy atom. The molecule has 3 nitrogen and oxygen atoms in total. The van der Waals surface area contributed by atoms with Crippen LogP contribution in [-0.2, 0) is 6.42 Å². The number of anilines is 1. The minimum absolute atomic E-state index is 0.933. The molecule has 3 N–H and O–H groups in total. The highest BCUT2D eigenvalue weighted by atomic mass is 15.2. The molecule has 0 saturated carbocycles. The second kappa shape index (κ2) is 4.10. The van der Waals surface area contributed by atoms with Crippen LogP contribution in [-0.4, -0.2) is 4.98 Å². The number of nitrogens with zero attached hydrogens (tertiary/aromatic N) is 1. The fourth-order valence-corrected chi connectivity index (χ4v) is 2.14. The summed E-state index contributed by atoms with van der Waals surface area (Å²) in [4.78, 5) is 4.60. The van der Waals surface area contributed by atoms with Crippen LogP contribution in [0.5, 0.6) is 0 Å². The highest BCUT2D eigenvalue weighted by molar-refractivity contribution is 5.93. The third-order valence-corrected chi connectivity index (χ3v) is 2.95. The van der Waals surface area contributed by atoms with Crippen molar-refractivity contribution in [1.29, 1.82) is 0 Å². The molecule has 3 heteroatoms. The Labute approximate surface area is 95.7 Å². The molecule has 1 aromatic heterocycles. The molecule has 84 valence electrons. The van der Waals surface area contributed by atoms with Crippen LogP contribution in [0.3, 0.4) is 0 Å². The molecule has 16 heavy (non-hydrogen) atoms. The van der Waals surface area contributed by atoms with E-state index in [9.17, 15) is 0 Å². The Balaban J connectivity index is 2.86. The van der Waals surface area contributed by atoms with Gasteiger partial charge in [0.2, 0.25) is 0 Å².